The van der Waals surface area contributed by atoms with E-state index in [9.17, 15) is 9.90 Å². The Morgan fingerprint density at radius 1 is 1.44 bits per heavy atom. The van der Waals surface area contributed by atoms with E-state index in [1.807, 2.05) is 0 Å². The van der Waals surface area contributed by atoms with E-state index in [0.717, 1.165) is 32.1 Å². The number of rotatable bonds is 9. The summed E-state index contributed by atoms with van der Waals surface area (Å²) in [5, 5.41) is 22.2. The smallest absolute Gasteiger partial charge is 0.325 e. The quantitative estimate of drug-likeness (QED) is 0.593. The molecule has 0 aromatic rings. The number of aliphatic hydroxyl groups excluding tert-OH is 1. The summed E-state index contributed by atoms with van der Waals surface area (Å²) in [5.74, 6) is 0.218. The van der Waals surface area contributed by atoms with Gasteiger partial charge in [0.1, 0.15) is 5.54 Å². The molecule has 2 aliphatic rings. The van der Waals surface area contributed by atoms with Crippen LogP contribution in [0.15, 0.2) is 0 Å². The number of hydrogen-bond acceptors (Lipinski definition) is 4. The third-order valence-corrected chi connectivity index (χ3v) is 5.25. The standard InChI is InChI=1S/C13H23NO3S/c1-9(6-7-15)18-8-13(12(16)17,10-2-3-10)14-11-4-5-11/h9-11,14-15H,2-8H2,1H3,(H,16,17). The monoisotopic (exact) mass is 273 g/mol. The van der Waals surface area contributed by atoms with Crippen molar-refractivity contribution in [3.05, 3.63) is 0 Å². The average molecular weight is 273 g/mol. The molecule has 2 saturated carbocycles. The van der Waals surface area contributed by atoms with Crippen LogP contribution in [0.1, 0.15) is 39.0 Å². The topological polar surface area (TPSA) is 69.6 Å². The Morgan fingerprint density at radius 3 is 2.56 bits per heavy atom. The average Bonchev–Trinajstić information content (AvgIpc) is 3.14. The first-order valence-electron chi connectivity index (χ1n) is 6.82. The predicted octanol–water partition coefficient (Wildman–Crippen LogP) is 1.48. The van der Waals surface area contributed by atoms with E-state index in [1.54, 1.807) is 11.8 Å². The van der Waals surface area contributed by atoms with Gasteiger partial charge in [-0.05, 0) is 38.0 Å². The fourth-order valence-corrected chi connectivity index (χ4v) is 3.54. The Kier molecular flexibility index (Phi) is 4.56. The molecule has 2 fully saturated rings. The third kappa shape index (κ3) is 3.39. The Bertz CT molecular complexity index is 305. The number of hydrogen-bond donors (Lipinski definition) is 3. The van der Waals surface area contributed by atoms with Crippen molar-refractivity contribution in [1.82, 2.24) is 5.32 Å². The molecule has 0 aliphatic heterocycles. The minimum absolute atomic E-state index is 0.174. The van der Waals surface area contributed by atoms with Crippen LogP contribution in [0.5, 0.6) is 0 Å². The summed E-state index contributed by atoms with van der Waals surface area (Å²) in [6.45, 7) is 2.23. The fourth-order valence-electron chi connectivity index (χ4n) is 2.28. The van der Waals surface area contributed by atoms with Gasteiger partial charge in [0.2, 0.25) is 0 Å². The van der Waals surface area contributed by atoms with E-state index in [-0.39, 0.29) is 6.61 Å². The van der Waals surface area contributed by atoms with Gasteiger partial charge in [0, 0.05) is 23.7 Å². The van der Waals surface area contributed by atoms with Crippen molar-refractivity contribution in [2.75, 3.05) is 12.4 Å². The predicted molar refractivity (Wildman–Crippen MR) is 72.9 cm³/mol. The van der Waals surface area contributed by atoms with Gasteiger partial charge in [0.25, 0.3) is 0 Å². The normalized spacial score (nSPS) is 24.6. The summed E-state index contributed by atoms with van der Waals surface area (Å²) in [6, 6.07) is 0.412. The van der Waals surface area contributed by atoms with E-state index in [0.29, 0.717) is 23.0 Å². The first-order valence-corrected chi connectivity index (χ1v) is 7.87. The molecule has 2 aliphatic carbocycles. The van der Waals surface area contributed by atoms with Gasteiger partial charge in [-0.15, -0.1) is 0 Å². The Labute approximate surface area is 113 Å². The number of carboxylic acids is 1. The summed E-state index contributed by atoms with van der Waals surface area (Å²) in [7, 11) is 0. The van der Waals surface area contributed by atoms with Crippen molar-refractivity contribution < 1.29 is 15.0 Å². The molecular weight excluding hydrogens is 250 g/mol. The zero-order valence-corrected chi connectivity index (χ0v) is 11.7. The van der Waals surface area contributed by atoms with Crippen molar-refractivity contribution in [1.29, 1.82) is 0 Å². The second-order valence-corrected chi connectivity index (χ2v) is 7.03. The van der Waals surface area contributed by atoms with Crippen LogP contribution in [0.2, 0.25) is 0 Å². The van der Waals surface area contributed by atoms with Gasteiger partial charge >= 0.3 is 5.97 Å². The number of carbonyl (C=O) groups is 1. The Morgan fingerprint density at radius 2 is 2.11 bits per heavy atom. The highest BCUT2D eigenvalue weighted by molar-refractivity contribution is 8.00. The van der Waals surface area contributed by atoms with Crippen LogP contribution in [-0.2, 0) is 4.79 Å². The molecule has 4 nitrogen and oxygen atoms in total. The molecule has 2 unspecified atom stereocenters. The molecule has 0 saturated heterocycles. The number of aliphatic hydroxyl groups is 1. The highest BCUT2D eigenvalue weighted by atomic mass is 32.2. The lowest BCUT2D eigenvalue weighted by molar-refractivity contribution is -0.145. The largest absolute Gasteiger partial charge is 0.480 e. The third-order valence-electron chi connectivity index (χ3n) is 3.83. The molecule has 3 N–H and O–H groups in total. The highest BCUT2D eigenvalue weighted by Crippen LogP contribution is 2.44. The molecule has 0 bridgehead atoms. The fraction of sp³-hybridized carbons (Fsp3) is 0.923. The summed E-state index contributed by atoms with van der Waals surface area (Å²) >= 11 is 1.67. The van der Waals surface area contributed by atoms with Crippen molar-refractivity contribution in [3.8, 4) is 0 Å². The van der Waals surface area contributed by atoms with Crippen LogP contribution in [0.3, 0.4) is 0 Å². The van der Waals surface area contributed by atoms with Gasteiger partial charge in [-0.25, -0.2) is 0 Å². The molecule has 2 rings (SSSR count). The molecule has 5 heteroatoms. The van der Waals surface area contributed by atoms with E-state index in [2.05, 4.69) is 12.2 Å². The number of nitrogens with one attached hydrogen (secondary N) is 1. The second kappa shape index (κ2) is 5.80. The minimum atomic E-state index is -0.727. The van der Waals surface area contributed by atoms with Gasteiger partial charge in [-0.1, -0.05) is 6.92 Å². The maximum atomic E-state index is 11.7. The lowest BCUT2D eigenvalue weighted by Gasteiger charge is -2.31. The second-order valence-electron chi connectivity index (χ2n) is 5.60. The first kappa shape index (κ1) is 14.2. The maximum Gasteiger partial charge on any atom is 0.325 e. The van der Waals surface area contributed by atoms with Gasteiger partial charge in [0.15, 0.2) is 0 Å². The van der Waals surface area contributed by atoms with Crippen molar-refractivity contribution >= 4 is 17.7 Å². The molecule has 0 amide bonds. The number of aliphatic carboxylic acids is 1. The minimum Gasteiger partial charge on any atom is -0.480 e. The van der Waals surface area contributed by atoms with Gasteiger partial charge in [0.05, 0.1) is 0 Å². The lowest BCUT2D eigenvalue weighted by Crippen LogP contribution is -2.57. The first-order chi connectivity index (χ1) is 8.58. The molecule has 0 radical (unpaired) electrons. The maximum absolute atomic E-state index is 11.7. The lowest BCUT2D eigenvalue weighted by atomic mass is 9.95. The highest BCUT2D eigenvalue weighted by Gasteiger charge is 2.53. The molecule has 0 heterocycles. The van der Waals surface area contributed by atoms with Crippen LogP contribution in [0, 0.1) is 5.92 Å². The zero-order chi connectivity index (χ0) is 13.2. The van der Waals surface area contributed by atoms with E-state index >= 15 is 0 Å². The van der Waals surface area contributed by atoms with E-state index in [1.165, 1.54) is 0 Å². The summed E-state index contributed by atoms with van der Waals surface area (Å²) in [6.07, 6.45) is 5.01. The molecule has 0 spiro atoms. The SMILES string of the molecule is CC(CCO)SCC(NC1CC1)(C(=O)O)C1CC1. The zero-order valence-electron chi connectivity index (χ0n) is 10.9. The van der Waals surface area contributed by atoms with E-state index in [4.69, 9.17) is 5.11 Å². The number of thioether (sulfide) groups is 1. The van der Waals surface area contributed by atoms with Gasteiger partial charge in [-0.2, -0.15) is 11.8 Å². The van der Waals surface area contributed by atoms with Crippen LogP contribution in [0.4, 0.5) is 0 Å². The molecule has 2 atom stereocenters. The van der Waals surface area contributed by atoms with Crippen molar-refractivity contribution in [2.24, 2.45) is 5.92 Å². The van der Waals surface area contributed by atoms with Crippen LogP contribution < -0.4 is 5.32 Å². The van der Waals surface area contributed by atoms with E-state index < -0.39 is 11.5 Å². The Balaban J connectivity index is 1.96. The molecule has 18 heavy (non-hydrogen) atoms. The molecule has 0 aromatic carbocycles. The van der Waals surface area contributed by atoms with Gasteiger partial charge in [-0.3, -0.25) is 10.1 Å². The summed E-state index contributed by atoms with van der Waals surface area (Å²) in [4.78, 5) is 11.7. The molecule has 0 aromatic heterocycles. The summed E-state index contributed by atoms with van der Waals surface area (Å²) < 4.78 is 0. The number of carboxylic acid groups (broad SMARTS) is 1. The molecular formula is C13H23NO3S. The van der Waals surface area contributed by atoms with Crippen molar-refractivity contribution in [3.63, 3.8) is 0 Å². The van der Waals surface area contributed by atoms with Crippen LogP contribution in [0.25, 0.3) is 0 Å². The summed E-state index contributed by atoms with van der Waals surface area (Å²) in [5.41, 5.74) is -0.727. The molecule has 104 valence electrons. The van der Waals surface area contributed by atoms with Gasteiger partial charge < -0.3 is 10.2 Å². The van der Waals surface area contributed by atoms with Crippen LogP contribution >= 0.6 is 11.8 Å². The van der Waals surface area contributed by atoms with Crippen molar-refractivity contribution in [2.45, 2.75) is 55.9 Å². The Hall–Kier alpha value is -0.260. The van der Waals surface area contributed by atoms with Crippen LogP contribution in [-0.4, -0.2) is 45.4 Å².